The third kappa shape index (κ3) is 2.53. The summed E-state index contributed by atoms with van der Waals surface area (Å²) >= 11 is 0. The van der Waals surface area contributed by atoms with Crippen molar-refractivity contribution in [2.24, 2.45) is 5.41 Å². The molecule has 5 rings (SSSR count). The van der Waals surface area contributed by atoms with Gasteiger partial charge < -0.3 is 19.3 Å². The number of urea groups is 1. The second-order valence-corrected chi connectivity index (χ2v) is 7.59. The van der Waals surface area contributed by atoms with Crippen molar-refractivity contribution < 1.29 is 33.7 Å². The SMILES string of the molecule is COc1c2c(cc3c1OCO3)C[C@@H](c1c(O)[nH]c(=O)[nH]c1=O)C1(C2)C(=O)NC(=O)NC1=O. The van der Waals surface area contributed by atoms with Crippen molar-refractivity contribution >= 4 is 17.8 Å². The van der Waals surface area contributed by atoms with E-state index in [0.717, 1.165) is 0 Å². The first-order valence-corrected chi connectivity index (χ1v) is 9.47. The van der Waals surface area contributed by atoms with E-state index in [9.17, 15) is 29.1 Å². The van der Waals surface area contributed by atoms with E-state index in [1.54, 1.807) is 6.07 Å². The Balaban J connectivity index is 1.79. The predicted molar refractivity (Wildman–Crippen MR) is 103 cm³/mol. The molecule has 1 aliphatic carbocycles. The molecule has 4 amide bonds. The summed E-state index contributed by atoms with van der Waals surface area (Å²) in [6.07, 6.45) is -0.379. The lowest BCUT2D eigenvalue weighted by molar-refractivity contribution is -0.146. The highest BCUT2D eigenvalue weighted by atomic mass is 16.7. The fourth-order valence-corrected chi connectivity index (χ4v) is 4.69. The van der Waals surface area contributed by atoms with Gasteiger partial charge in [0, 0.05) is 17.9 Å². The molecule has 1 fully saturated rings. The van der Waals surface area contributed by atoms with E-state index < -0.39 is 46.3 Å². The molecule has 2 aliphatic heterocycles. The zero-order chi connectivity index (χ0) is 22.8. The molecule has 1 saturated heterocycles. The van der Waals surface area contributed by atoms with Crippen LogP contribution in [0.25, 0.3) is 0 Å². The topological polar surface area (TPSA) is 189 Å². The van der Waals surface area contributed by atoms with Gasteiger partial charge in [0.15, 0.2) is 11.5 Å². The first kappa shape index (κ1) is 19.7. The van der Waals surface area contributed by atoms with Crippen LogP contribution in [0.5, 0.6) is 23.1 Å². The van der Waals surface area contributed by atoms with Crippen molar-refractivity contribution in [2.75, 3.05) is 13.9 Å². The van der Waals surface area contributed by atoms with Gasteiger partial charge in [-0.15, -0.1) is 0 Å². The number of hydrogen-bond acceptors (Lipinski definition) is 9. The van der Waals surface area contributed by atoms with E-state index in [0.29, 0.717) is 22.6 Å². The number of carbonyl (C=O) groups excluding carboxylic acids is 3. The number of carbonyl (C=O) groups is 3. The number of methoxy groups -OCH3 is 1. The van der Waals surface area contributed by atoms with Crippen LogP contribution in [0.1, 0.15) is 22.6 Å². The smallest absolute Gasteiger partial charge is 0.328 e. The summed E-state index contributed by atoms with van der Waals surface area (Å²) in [6.45, 7) is -0.0565. The molecule has 32 heavy (non-hydrogen) atoms. The second kappa shape index (κ2) is 6.60. The first-order valence-electron chi connectivity index (χ1n) is 9.47. The lowest BCUT2D eigenvalue weighted by Crippen LogP contribution is -2.66. The van der Waals surface area contributed by atoms with E-state index in [-0.39, 0.29) is 30.9 Å². The molecule has 13 heteroatoms. The maximum Gasteiger partial charge on any atom is 0.328 e. The van der Waals surface area contributed by atoms with E-state index in [2.05, 4.69) is 15.6 Å². The average Bonchev–Trinajstić information content (AvgIpc) is 3.17. The van der Waals surface area contributed by atoms with E-state index in [1.807, 2.05) is 4.98 Å². The fraction of sp³-hybridized carbons (Fsp3) is 0.316. The summed E-state index contributed by atoms with van der Waals surface area (Å²) in [6, 6.07) is 0.633. The maximum atomic E-state index is 13.2. The van der Waals surface area contributed by atoms with E-state index in [4.69, 9.17) is 14.2 Å². The molecule has 1 spiro atoms. The summed E-state index contributed by atoms with van der Waals surface area (Å²) in [5.41, 5.74) is -3.28. The third-order valence-electron chi connectivity index (χ3n) is 6.07. The van der Waals surface area contributed by atoms with Gasteiger partial charge in [0.2, 0.25) is 30.2 Å². The summed E-state index contributed by atoms with van der Waals surface area (Å²) in [7, 11) is 1.39. The molecule has 3 aliphatic rings. The minimum atomic E-state index is -2.01. The Morgan fingerprint density at radius 3 is 2.47 bits per heavy atom. The molecule has 0 radical (unpaired) electrons. The highest BCUT2D eigenvalue weighted by molar-refractivity contribution is 6.20. The number of fused-ring (bicyclic) bond motifs is 2. The number of aromatic nitrogens is 2. The Kier molecular flexibility index (Phi) is 4.06. The van der Waals surface area contributed by atoms with Crippen molar-refractivity contribution in [1.29, 1.82) is 0 Å². The number of hydrogen-bond donors (Lipinski definition) is 5. The van der Waals surface area contributed by atoms with Crippen LogP contribution in [0.4, 0.5) is 4.79 Å². The quantitative estimate of drug-likeness (QED) is 0.352. The molecular formula is C19H16N4O9. The molecule has 13 nitrogen and oxygen atoms in total. The van der Waals surface area contributed by atoms with Crippen LogP contribution in [0.3, 0.4) is 0 Å². The van der Waals surface area contributed by atoms with E-state index in [1.165, 1.54) is 7.11 Å². The van der Waals surface area contributed by atoms with Crippen molar-refractivity contribution in [3.05, 3.63) is 43.6 Å². The first-order chi connectivity index (χ1) is 15.3. The molecule has 3 heterocycles. The van der Waals surface area contributed by atoms with Crippen LogP contribution in [-0.4, -0.2) is 46.8 Å². The number of imide groups is 2. The molecule has 1 aromatic carbocycles. The fourth-order valence-electron chi connectivity index (χ4n) is 4.69. The van der Waals surface area contributed by atoms with E-state index >= 15 is 0 Å². The highest BCUT2D eigenvalue weighted by Crippen LogP contribution is 2.54. The van der Waals surface area contributed by atoms with Crippen molar-refractivity contribution in [2.45, 2.75) is 18.8 Å². The number of H-pyrrole nitrogens is 2. The van der Waals surface area contributed by atoms with Gasteiger partial charge in [-0.25, -0.2) is 9.59 Å². The van der Waals surface area contributed by atoms with Crippen LogP contribution in [0.2, 0.25) is 0 Å². The Hall–Kier alpha value is -4.29. The lowest BCUT2D eigenvalue weighted by Gasteiger charge is -2.43. The van der Waals surface area contributed by atoms with Gasteiger partial charge in [-0.3, -0.25) is 35.0 Å². The average molecular weight is 444 g/mol. The van der Waals surface area contributed by atoms with Gasteiger partial charge in [-0.2, -0.15) is 0 Å². The summed E-state index contributed by atoms with van der Waals surface area (Å²) < 4.78 is 16.4. The molecule has 0 unspecified atom stereocenters. The highest BCUT2D eigenvalue weighted by Gasteiger charge is 2.60. The zero-order valence-corrected chi connectivity index (χ0v) is 16.5. The Morgan fingerprint density at radius 2 is 1.81 bits per heavy atom. The Labute approximate surface area is 177 Å². The number of ether oxygens (including phenoxy) is 3. The van der Waals surface area contributed by atoms with Crippen molar-refractivity contribution in [3.63, 3.8) is 0 Å². The van der Waals surface area contributed by atoms with Gasteiger partial charge in [-0.1, -0.05) is 0 Å². The minimum Gasteiger partial charge on any atom is -0.494 e. The standard InChI is InChI=1S/C19H16N4O9/c1-30-11-7-4-19(15(26)22-18(29)23-16(19)27)8(10-13(24)20-17(28)21-14(10)25)2-6(7)3-9-12(11)32-5-31-9/h3,8H,2,4-5H2,1H3,(H3,20,21,24,25,28)(H2,22,23,26,27,29)/t8-/m0/s1. The van der Waals surface area contributed by atoms with Gasteiger partial charge in [-0.05, 0) is 18.1 Å². The third-order valence-corrected chi connectivity index (χ3v) is 6.07. The number of amides is 4. The molecular weight excluding hydrogens is 428 g/mol. The van der Waals surface area contributed by atoms with Crippen molar-refractivity contribution in [1.82, 2.24) is 20.6 Å². The monoisotopic (exact) mass is 444 g/mol. The van der Waals surface area contributed by atoms with Gasteiger partial charge >= 0.3 is 11.7 Å². The minimum absolute atomic E-state index is 0.0565. The molecule has 1 atom stereocenters. The number of aromatic hydroxyl groups is 1. The number of rotatable bonds is 2. The molecule has 166 valence electrons. The molecule has 1 aromatic heterocycles. The molecule has 5 N–H and O–H groups in total. The summed E-state index contributed by atoms with van der Waals surface area (Å²) in [5.74, 6) is -2.99. The number of aromatic amines is 2. The maximum absolute atomic E-state index is 13.2. The van der Waals surface area contributed by atoms with Crippen LogP contribution >= 0.6 is 0 Å². The van der Waals surface area contributed by atoms with Crippen LogP contribution in [-0.2, 0) is 22.4 Å². The second-order valence-electron chi connectivity index (χ2n) is 7.59. The van der Waals surface area contributed by atoms with Crippen molar-refractivity contribution in [3.8, 4) is 23.1 Å². The normalized spacial score (nSPS) is 20.5. The molecule has 2 aromatic rings. The Bertz CT molecular complexity index is 1310. The summed E-state index contributed by atoms with van der Waals surface area (Å²) in [5, 5.41) is 14.5. The van der Waals surface area contributed by atoms with Crippen LogP contribution < -0.4 is 36.1 Å². The van der Waals surface area contributed by atoms with Crippen LogP contribution in [0, 0.1) is 5.41 Å². The number of nitrogens with one attached hydrogen (secondary N) is 4. The predicted octanol–water partition coefficient (Wildman–Crippen LogP) is -1.26. The largest absolute Gasteiger partial charge is 0.494 e. The lowest BCUT2D eigenvalue weighted by atomic mass is 9.60. The van der Waals surface area contributed by atoms with Crippen LogP contribution in [0.15, 0.2) is 15.7 Å². The molecule has 0 saturated carbocycles. The van der Waals surface area contributed by atoms with Gasteiger partial charge in [0.05, 0.1) is 12.7 Å². The molecule has 0 bridgehead atoms. The summed E-state index contributed by atoms with van der Waals surface area (Å²) in [4.78, 5) is 66.4. The Morgan fingerprint density at radius 1 is 1.09 bits per heavy atom. The number of benzene rings is 1. The van der Waals surface area contributed by atoms with Gasteiger partial charge in [0.25, 0.3) is 5.56 Å². The zero-order valence-electron chi connectivity index (χ0n) is 16.5. The number of barbiturate groups is 1. The van der Waals surface area contributed by atoms with Gasteiger partial charge in [0.1, 0.15) is 5.41 Å².